The zero-order valence-electron chi connectivity index (χ0n) is 13.4. The van der Waals surface area contributed by atoms with Crippen LogP contribution in [0.5, 0.6) is 0 Å². The Bertz CT molecular complexity index is 729. The number of rotatable bonds is 5. The van der Waals surface area contributed by atoms with Crippen LogP contribution in [0.4, 0.5) is 5.95 Å². The molecule has 2 aromatic rings. The van der Waals surface area contributed by atoms with E-state index in [0.717, 1.165) is 25.2 Å². The lowest BCUT2D eigenvalue weighted by molar-refractivity contribution is 0.352. The number of nitrogens with one attached hydrogen (secondary N) is 1. The van der Waals surface area contributed by atoms with Gasteiger partial charge in [0.25, 0.3) is 0 Å². The Labute approximate surface area is 166 Å². The molecule has 3 rings (SSSR count). The van der Waals surface area contributed by atoms with Crippen LogP contribution in [0.25, 0.3) is 11.4 Å². The number of alkyl halides is 3. The molecule has 5 nitrogen and oxygen atoms in total. The van der Waals surface area contributed by atoms with E-state index in [1.54, 1.807) is 12.1 Å². The summed E-state index contributed by atoms with van der Waals surface area (Å²) in [4.78, 5) is 15.3. The number of hydrogen-bond acceptors (Lipinski definition) is 5. The molecule has 25 heavy (non-hydrogen) atoms. The molecule has 9 heteroatoms. The highest BCUT2D eigenvalue weighted by Gasteiger charge is 2.28. The van der Waals surface area contributed by atoms with Gasteiger partial charge in [-0.15, -0.1) is 0 Å². The van der Waals surface area contributed by atoms with E-state index < -0.39 is 3.79 Å². The number of aromatic nitrogens is 3. The van der Waals surface area contributed by atoms with Gasteiger partial charge in [0.2, 0.25) is 9.74 Å². The molecule has 1 saturated heterocycles. The van der Waals surface area contributed by atoms with Gasteiger partial charge >= 0.3 is 0 Å². The third kappa shape index (κ3) is 5.31. The van der Waals surface area contributed by atoms with Gasteiger partial charge < -0.3 is 10.2 Å². The lowest BCUT2D eigenvalue weighted by Crippen LogP contribution is -2.26. The Balaban J connectivity index is 1.82. The Morgan fingerprint density at radius 2 is 1.84 bits per heavy atom. The van der Waals surface area contributed by atoms with Crippen molar-refractivity contribution in [2.75, 3.05) is 31.5 Å². The van der Waals surface area contributed by atoms with E-state index in [2.05, 4.69) is 25.2 Å². The summed E-state index contributed by atoms with van der Waals surface area (Å²) in [5.41, 5.74) is 0.730. The van der Waals surface area contributed by atoms with Crippen LogP contribution in [0.1, 0.15) is 18.7 Å². The number of likely N-dealkylation sites (tertiary alicyclic amines) is 1. The highest BCUT2D eigenvalue weighted by atomic mass is 35.6. The second-order valence-electron chi connectivity index (χ2n) is 5.79. The van der Waals surface area contributed by atoms with Gasteiger partial charge in [-0.2, -0.15) is 9.97 Å². The van der Waals surface area contributed by atoms with Crippen LogP contribution in [0, 0.1) is 0 Å². The minimum Gasteiger partial charge on any atom is -0.353 e. The molecule has 1 aromatic carbocycles. The lowest BCUT2D eigenvalue weighted by atomic mass is 10.2. The van der Waals surface area contributed by atoms with Gasteiger partial charge in [0.05, 0.1) is 0 Å². The van der Waals surface area contributed by atoms with Crippen molar-refractivity contribution in [3.05, 3.63) is 35.1 Å². The summed E-state index contributed by atoms with van der Waals surface area (Å²) >= 11 is 24.0. The minimum absolute atomic E-state index is 0.0751. The van der Waals surface area contributed by atoms with E-state index in [-0.39, 0.29) is 5.82 Å². The summed E-state index contributed by atoms with van der Waals surface area (Å²) < 4.78 is -1.73. The SMILES string of the molecule is Clc1cccc(-c2nc(NCCN3CCCC3)nc(C(Cl)(Cl)Cl)n2)c1. The number of anilines is 1. The van der Waals surface area contributed by atoms with Gasteiger partial charge in [-0.25, -0.2) is 4.98 Å². The van der Waals surface area contributed by atoms with E-state index >= 15 is 0 Å². The second-order valence-corrected chi connectivity index (χ2v) is 8.51. The number of halogens is 4. The summed E-state index contributed by atoms with van der Waals surface area (Å²) in [6.45, 7) is 3.89. The molecule has 1 aliphatic heterocycles. The van der Waals surface area contributed by atoms with Crippen molar-refractivity contribution in [1.29, 1.82) is 0 Å². The molecule has 0 amide bonds. The maximum absolute atomic E-state index is 6.05. The van der Waals surface area contributed by atoms with E-state index in [1.807, 2.05) is 12.1 Å². The molecule has 1 aromatic heterocycles. The number of nitrogens with zero attached hydrogens (tertiary/aromatic N) is 4. The molecule has 0 atom stereocenters. The molecule has 1 aliphatic rings. The number of hydrogen-bond donors (Lipinski definition) is 1. The highest BCUT2D eigenvalue weighted by Crippen LogP contribution is 2.37. The first-order valence-corrected chi connectivity index (χ1v) is 9.48. The Hall–Kier alpha value is -0.850. The normalized spacial score (nSPS) is 15.5. The van der Waals surface area contributed by atoms with Crippen molar-refractivity contribution in [3.8, 4) is 11.4 Å². The number of benzene rings is 1. The summed E-state index contributed by atoms with van der Waals surface area (Å²) in [6.07, 6.45) is 2.50. The van der Waals surface area contributed by atoms with Gasteiger partial charge in [-0.1, -0.05) is 58.5 Å². The van der Waals surface area contributed by atoms with Crippen LogP contribution in [0.15, 0.2) is 24.3 Å². The first kappa shape index (κ1) is 18.9. The highest BCUT2D eigenvalue weighted by molar-refractivity contribution is 6.66. The predicted molar refractivity (Wildman–Crippen MR) is 104 cm³/mol. The zero-order valence-corrected chi connectivity index (χ0v) is 16.4. The van der Waals surface area contributed by atoms with Crippen LogP contribution in [0.2, 0.25) is 5.02 Å². The van der Waals surface area contributed by atoms with Crippen LogP contribution in [-0.2, 0) is 3.79 Å². The maximum Gasteiger partial charge on any atom is 0.250 e. The third-order valence-electron chi connectivity index (χ3n) is 3.88. The summed E-state index contributed by atoms with van der Waals surface area (Å²) in [6, 6.07) is 7.19. The lowest BCUT2D eigenvalue weighted by Gasteiger charge is -2.16. The average Bonchev–Trinajstić information content (AvgIpc) is 3.07. The van der Waals surface area contributed by atoms with Crippen LogP contribution < -0.4 is 5.32 Å². The van der Waals surface area contributed by atoms with E-state index in [9.17, 15) is 0 Å². The zero-order chi connectivity index (χ0) is 17.9. The van der Waals surface area contributed by atoms with Crippen molar-refractivity contribution in [2.24, 2.45) is 0 Å². The first-order chi connectivity index (χ1) is 11.9. The van der Waals surface area contributed by atoms with Crippen molar-refractivity contribution in [3.63, 3.8) is 0 Å². The molecule has 1 fully saturated rings. The van der Waals surface area contributed by atoms with Crippen molar-refractivity contribution < 1.29 is 0 Å². The molecule has 0 radical (unpaired) electrons. The Morgan fingerprint density at radius 1 is 1.08 bits per heavy atom. The maximum atomic E-state index is 6.05. The summed E-state index contributed by atoms with van der Waals surface area (Å²) in [7, 11) is 0. The molecule has 1 N–H and O–H groups in total. The molecule has 2 heterocycles. The monoisotopic (exact) mass is 419 g/mol. The summed E-state index contributed by atoms with van der Waals surface area (Å²) in [5, 5.41) is 3.78. The molecular formula is C16H17Cl4N5. The molecule has 0 spiro atoms. The summed E-state index contributed by atoms with van der Waals surface area (Å²) in [5.74, 6) is 0.860. The van der Waals surface area contributed by atoms with Crippen LogP contribution >= 0.6 is 46.4 Å². The first-order valence-electron chi connectivity index (χ1n) is 7.97. The largest absolute Gasteiger partial charge is 0.353 e. The van der Waals surface area contributed by atoms with Crippen LogP contribution in [-0.4, -0.2) is 46.0 Å². The van der Waals surface area contributed by atoms with Crippen molar-refractivity contribution >= 4 is 52.4 Å². The molecule has 0 saturated carbocycles. The van der Waals surface area contributed by atoms with E-state index in [4.69, 9.17) is 46.4 Å². The fourth-order valence-corrected chi connectivity index (χ4v) is 3.11. The van der Waals surface area contributed by atoms with Gasteiger partial charge in [0.15, 0.2) is 11.6 Å². The second kappa shape index (κ2) is 8.23. The van der Waals surface area contributed by atoms with E-state index in [0.29, 0.717) is 23.3 Å². The fourth-order valence-electron chi connectivity index (χ4n) is 2.67. The van der Waals surface area contributed by atoms with Gasteiger partial charge in [-0.3, -0.25) is 0 Å². The molecule has 0 aliphatic carbocycles. The quantitative estimate of drug-likeness (QED) is 0.720. The standard InChI is InChI=1S/C16H17Cl4N5/c17-12-5-3-4-11(10-12)13-22-14(16(18,19)20)24-15(23-13)21-6-9-25-7-1-2-8-25/h3-5,10H,1-2,6-9H2,(H,21,22,23,24). The van der Waals surface area contributed by atoms with Crippen LogP contribution in [0.3, 0.4) is 0 Å². The minimum atomic E-state index is -1.73. The van der Waals surface area contributed by atoms with Crippen molar-refractivity contribution in [1.82, 2.24) is 19.9 Å². The molecular weight excluding hydrogens is 404 g/mol. The fraction of sp³-hybridized carbons (Fsp3) is 0.438. The van der Waals surface area contributed by atoms with Gasteiger partial charge in [0.1, 0.15) is 0 Å². The molecule has 0 bridgehead atoms. The Morgan fingerprint density at radius 3 is 2.52 bits per heavy atom. The topological polar surface area (TPSA) is 53.9 Å². The smallest absolute Gasteiger partial charge is 0.250 e. The average molecular weight is 421 g/mol. The van der Waals surface area contributed by atoms with E-state index in [1.165, 1.54) is 12.8 Å². The van der Waals surface area contributed by atoms with Crippen molar-refractivity contribution in [2.45, 2.75) is 16.6 Å². The third-order valence-corrected chi connectivity index (χ3v) is 4.62. The van der Waals surface area contributed by atoms with Gasteiger partial charge in [-0.05, 0) is 38.1 Å². The molecule has 0 unspecified atom stereocenters. The van der Waals surface area contributed by atoms with Gasteiger partial charge in [0, 0.05) is 23.7 Å². The molecule has 134 valence electrons. The Kier molecular flexibility index (Phi) is 6.23. The predicted octanol–water partition coefficient (Wildman–Crippen LogP) is 4.53.